The number of allylic oxidation sites excluding steroid dienone is 2. The predicted octanol–water partition coefficient (Wildman–Crippen LogP) is 3.89. The third-order valence-corrected chi connectivity index (χ3v) is 3.24. The van der Waals surface area contributed by atoms with E-state index in [1.54, 1.807) is 13.8 Å². The summed E-state index contributed by atoms with van der Waals surface area (Å²) in [5.41, 5.74) is 7.73. The van der Waals surface area contributed by atoms with Gasteiger partial charge in [-0.25, -0.2) is 9.59 Å². The Kier molecular flexibility index (Phi) is 33.9. The molecule has 174 valence electrons. The Morgan fingerprint density at radius 3 is 1.97 bits per heavy atom. The number of unbranched alkanes of at least 4 members (excludes halogenated alkanes) is 6. The molecule has 0 aromatic heterocycles. The molecule has 0 fully saturated rings. The van der Waals surface area contributed by atoms with Gasteiger partial charge in [-0.15, -0.1) is 13.2 Å². The SMILES string of the molecule is C=CCCCCCO.C=CCCCCCOCC(=O)OCC.CCOC(=O)C=[N+]=[N-]. The summed E-state index contributed by atoms with van der Waals surface area (Å²) >= 11 is 0. The first kappa shape index (κ1) is 32.4. The summed E-state index contributed by atoms with van der Waals surface area (Å²) in [7, 11) is 0. The average Bonchev–Trinajstić information content (AvgIpc) is 2.72. The molecule has 8 heteroatoms. The summed E-state index contributed by atoms with van der Waals surface area (Å²) < 4.78 is 14.2. The van der Waals surface area contributed by atoms with Gasteiger partial charge in [-0.2, -0.15) is 4.79 Å². The van der Waals surface area contributed by atoms with Gasteiger partial charge in [0, 0.05) is 13.2 Å². The van der Waals surface area contributed by atoms with Gasteiger partial charge in [0.1, 0.15) is 6.61 Å². The van der Waals surface area contributed by atoms with E-state index in [4.69, 9.17) is 20.1 Å². The quantitative estimate of drug-likeness (QED) is 0.0995. The number of hydrogen-bond acceptors (Lipinski definition) is 6. The fourth-order valence-corrected chi connectivity index (χ4v) is 1.83. The molecule has 0 spiro atoms. The van der Waals surface area contributed by atoms with E-state index in [1.807, 2.05) is 12.2 Å². The van der Waals surface area contributed by atoms with Gasteiger partial charge in [-0.3, -0.25) is 0 Å². The number of rotatable bonds is 16. The Bertz CT molecular complexity index is 463. The van der Waals surface area contributed by atoms with Crippen molar-refractivity contribution < 1.29 is 33.7 Å². The lowest BCUT2D eigenvalue weighted by Crippen LogP contribution is -2.12. The Balaban J connectivity index is -0.000000391. The summed E-state index contributed by atoms with van der Waals surface area (Å²) in [6.07, 6.45) is 13.2. The Morgan fingerprint density at radius 2 is 1.50 bits per heavy atom. The second-order valence-corrected chi connectivity index (χ2v) is 5.85. The van der Waals surface area contributed by atoms with Crippen LogP contribution >= 0.6 is 0 Å². The number of aliphatic hydroxyl groups is 1. The highest BCUT2D eigenvalue weighted by atomic mass is 16.6. The van der Waals surface area contributed by atoms with Crippen molar-refractivity contribution in [2.45, 2.75) is 65.2 Å². The van der Waals surface area contributed by atoms with E-state index < -0.39 is 5.97 Å². The molecule has 30 heavy (non-hydrogen) atoms. The number of carbonyl (C=O) groups is 2. The van der Waals surface area contributed by atoms with Crippen LogP contribution < -0.4 is 0 Å². The minimum absolute atomic E-state index is 0.0787. The Hall–Kier alpha value is -2.28. The molecular weight excluding hydrogens is 388 g/mol. The molecule has 0 aliphatic rings. The van der Waals surface area contributed by atoms with Crippen molar-refractivity contribution in [3.05, 3.63) is 30.8 Å². The molecule has 0 aliphatic carbocycles. The third-order valence-electron chi connectivity index (χ3n) is 3.24. The normalized spacial score (nSPS) is 8.90. The number of hydrogen-bond donors (Lipinski definition) is 1. The molecule has 0 unspecified atom stereocenters. The predicted molar refractivity (Wildman–Crippen MR) is 118 cm³/mol. The number of esters is 2. The lowest BCUT2D eigenvalue weighted by atomic mass is 10.2. The molecule has 0 bridgehead atoms. The van der Waals surface area contributed by atoms with Crippen LogP contribution in [-0.2, 0) is 23.8 Å². The molecule has 0 aliphatic heterocycles. The van der Waals surface area contributed by atoms with Gasteiger partial charge in [0.2, 0.25) is 0 Å². The molecule has 0 heterocycles. The summed E-state index contributed by atoms with van der Waals surface area (Å²) in [5, 5.41) is 8.34. The molecule has 0 radical (unpaired) electrons. The first-order valence-corrected chi connectivity index (χ1v) is 10.4. The number of nitrogens with zero attached hydrogens (tertiary/aromatic N) is 2. The number of ether oxygens (including phenoxy) is 3. The molecule has 0 saturated carbocycles. The van der Waals surface area contributed by atoms with Gasteiger partial charge in [0.25, 0.3) is 0 Å². The van der Waals surface area contributed by atoms with Gasteiger partial charge < -0.3 is 24.8 Å². The molecule has 0 rings (SSSR count). The molecule has 0 saturated heterocycles. The van der Waals surface area contributed by atoms with Crippen molar-refractivity contribution >= 4 is 18.2 Å². The van der Waals surface area contributed by atoms with Gasteiger partial charge in [0.05, 0.1) is 13.2 Å². The maximum absolute atomic E-state index is 10.8. The minimum Gasteiger partial charge on any atom is -0.464 e. The number of aliphatic hydroxyl groups excluding tert-OH is 1. The van der Waals surface area contributed by atoms with Crippen molar-refractivity contribution in [3.63, 3.8) is 0 Å². The van der Waals surface area contributed by atoms with Crippen LogP contribution in [0.5, 0.6) is 0 Å². The first-order chi connectivity index (χ1) is 14.5. The van der Waals surface area contributed by atoms with Gasteiger partial charge in [-0.05, 0) is 52.4 Å². The zero-order valence-corrected chi connectivity index (χ0v) is 18.7. The van der Waals surface area contributed by atoms with Crippen molar-refractivity contribution in [2.24, 2.45) is 0 Å². The van der Waals surface area contributed by atoms with E-state index >= 15 is 0 Å². The van der Waals surface area contributed by atoms with Crippen molar-refractivity contribution in [1.29, 1.82) is 0 Å². The number of carbonyl (C=O) groups excluding carboxylic acids is 2. The van der Waals surface area contributed by atoms with E-state index in [0.717, 1.165) is 44.9 Å². The largest absolute Gasteiger partial charge is 0.464 e. The fraction of sp³-hybridized carbons (Fsp3) is 0.682. The smallest absolute Gasteiger partial charge is 0.413 e. The summed E-state index contributed by atoms with van der Waals surface area (Å²) in [5.74, 6) is -0.909. The molecule has 0 aromatic carbocycles. The first-order valence-electron chi connectivity index (χ1n) is 10.4. The Morgan fingerprint density at radius 1 is 0.933 bits per heavy atom. The van der Waals surface area contributed by atoms with Gasteiger partial charge >= 0.3 is 18.2 Å². The molecule has 1 N–H and O–H groups in total. The monoisotopic (exact) mass is 428 g/mol. The zero-order valence-electron chi connectivity index (χ0n) is 18.7. The molecule has 0 atom stereocenters. The van der Waals surface area contributed by atoms with Gasteiger partial charge in [-0.1, -0.05) is 25.0 Å². The van der Waals surface area contributed by atoms with E-state index in [9.17, 15) is 9.59 Å². The van der Waals surface area contributed by atoms with Crippen LogP contribution in [-0.4, -0.2) is 61.1 Å². The highest BCUT2D eigenvalue weighted by Crippen LogP contribution is 2.00. The molecule has 0 aromatic rings. The van der Waals surface area contributed by atoms with Crippen LogP contribution in [0.2, 0.25) is 0 Å². The highest BCUT2D eigenvalue weighted by molar-refractivity contribution is 6.20. The average molecular weight is 429 g/mol. The van der Waals surface area contributed by atoms with E-state index in [1.165, 1.54) is 6.42 Å². The van der Waals surface area contributed by atoms with Crippen LogP contribution in [0.15, 0.2) is 25.3 Å². The van der Waals surface area contributed by atoms with E-state index in [2.05, 4.69) is 22.7 Å². The summed E-state index contributed by atoms with van der Waals surface area (Å²) in [4.78, 5) is 23.4. The minimum atomic E-state index is -0.630. The summed E-state index contributed by atoms with van der Waals surface area (Å²) in [6, 6.07) is 0. The van der Waals surface area contributed by atoms with E-state index in [0.29, 0.717) is 32.6 Å². The van der Waals surface area contributed by atoms with Crippen molar-refractivity contribution in [1.82, 2.24) is 0 Å². The lowest BCUT2D eigenvalue weighted by molar-refractivity contribution is -0.148. The second kappa shape index (κ2) is 31.4. The van der Waals surface area contributed by atoms with Crippen LogP contribution in [0.4, 0.5) is 0 Å². The summed E-state index contributed by atoms with van der Waals surface area (Å²) in [6.45, 7) is 12.5. The topological polar surface area (TPSA) is 118 Å². The van der Waals surface area contributed by atoms with Crippen LogP contribution in [0.25, 0.3) is 5.53 Å². The lowest BCUT2D eigenvalue weighted by Gasteiger charge is -2.03. The van der Waals surface area contributed by atoms with Crippen LogP contribution in [0.3, 0.4) is 0 Å². The maximum Gasteiger partial charge on any atom is 0.413 e. The maximum atomic E-state index is 10.8. The van der Waals surface area contributed by atoms with Crippen molar-refractivity contribution in [2.75, 3.05) is 33.0 Å². The molecular formula is C22H40N2O6. The molecule has 8 nitrogen and oxygen atoms in total. The molecule has 0 amide bonds. The fourth-order valence-electron chi connectivity index (χ4n) is 1.83. The van der Waals surface area contributed by atoms with E-state index in [-0.39, 0.29) is 12.6 Å². The second-order valence-electron chi connectivity index (χ2n) is 5.85. The van der Waals surface area contributed by atoms with Crippen molar-refractivity contribution in [3.8, 4) is 0 Å². The Labute approximate surface area is 181 Å². The highest BCUT2D eigenvalue weighted by Gasteiger charge is 2.00. The third kappa shape index (κ3) is 36.6. The standard InChI is InChI=1S/C11H20O3.C7H14O.C4H6N2O2/c1-3-5-6-7-8-9-13-10-11(12)14-4-2;1-2-3-4-5-6-7-8;1-2-8-4(7)3-6-5/h3H,1,4-10H2,2H3;2,8H,1,3-7H2;3H,2H2,1H3. The van der Waals surface area contributed by atoms with Gasteiger partial charge in [0.15, 0.2) is 0 Å². The van der Waals surface area contributed by atoms with Crippen LogP contribution in [0, 0.1) is 0 Å². The zero-order chi connectivity index (χ0) is 23.3. The van der Waals surface area contributed by atoms with Crippen LogP contribution in [0.1, 0.15) is 65.2 Å².